The normalized spacial score (nSPS) is 10.7. The van der Waals surface area contributed by atoms with E-state index in [1.165, 1.54) is 12.0 Å². The van der Waals surface area contributed by atoms with Crippen molar-refractivity contribution in [3.05, 3.63) is 46.3 Å². The lowest BCUT2D eigenvalue weighted by Gasteiger charge is -2.22. The van der Waals surface area contributed by atoms with Crippen LogP contribution in [-0.4, -0.2) is 37.0 Å². The third-order valence-corrected chi connectivity index (χ3v) is 4.25. The van der Waals surface area contributed by atoms with Crippen molar-refractivity contribution in [3.63, 3.8) is 0 Å². The van der Waals surface area contributed by atoms with Crippen molar-refractivity contribution in [2.75, 3.05) is 20.2 Å². The lowest BCUT2D eigenvalue weighted by Crippen LogP contribution is -2.36. The summed E-state index contributed by atoms with van der Waals surface area (Å²) in [6.45, 7) is 2.81. The molecule has 0 saturated heterocycles. The topological polar surface area (TPSA) is 76.8 Å². The Labute approximate surface area is 152 Å². The fraction of sp³-hybridized carbons (Fsp3) is 0.450. The summed E-state index contributed by atoms with van der Waals surface area (Å²) in [6, 6.07) is 8.61. The lowest BCUT2D eigenvalue weighted by molar-refractivity contribution is -0.140. The van der Waals surface area contributed by atoms with Crippen LogP contribution in [0.4, 0.5) is 0 Å². The number of amides is 1. The number of hydrogen-bond donors (Lipinski definition) is 0. The van der Waals surface area contributed by atoms with Crippen molar-refractivity contribution in [1.29, 1.82) is 0 Å². The summed E-state index contributed by atoms with van der Waals surface area (Å²) in [5, 5.41) is 0.689. The number of carbonyl (C=O) groups is 2. The van der Waals surface area contributed by atoms with Crippen LogP contribution in [0.3, 0.4) is 0 Å². The van der Waals surface area contributed by atoms with Gasteiger partial charge in [0, 0.05) is 18.5 Å². The molecule has 1 aromatic carbocycles. The number of benzene rings is 1. The van der Waals surface area contributed by atoms with Gasteiger partial charge in [-0.05, 0) is 18.6 Å². The monoisotopic (exact) mass is 359 g/mol. The summed E-state index contributed by atoms with van der Waals surface area (Å²) < 4.78 is 9.91. The summed E-state index contributed by atoms with van der Waals surface area (Å²) in [5.74, 6) is -0.799. The molecule has 0 radical (unpaired) electrons. The molecule has 26 heavy (non-hydrogen) atoms. The molecule has 0 aliphatic heterocycles. The zero-order valence-corrected chi connectivity index (χ0v) is 15.3. The number of nitrogens with zero attached hydrogens (tertiary/aromatic N) is 1. The van der Waals surface area contributed by atoms with Gasteiger partial charge in [-0.1, -0.05) is 44.4 Å². The van der Waals surface area contributed by atoms with E-state index in [0.29, 0.717) is 17.5 Å². The van der Waals surface area contributed by atoms with Gasteiger partial charge in [-0.2, -0.15) is 0 Å². The number of methoxy groups -OCH3 is 1. The van der Waals surface area contributed by atoms with Crippen LogP contribution >= 0.6 is 0 Å². The second-order valence-electron chi connectivity index (χ2n) is 6.16. The number of unbranched alkanes of at least 4 members (excludes halogenated alkanes) is 3. The number of para-hydroxylation sites is 1. The average Bonchev–Trinajstić information content (AvgIpc) is 2.66. The largest absolute Gasteiger partial charge is 0.469 e. The van der Waals surface area contributed by atoms with Crippen molar-refractivity contribution < 1.29 is 18.7 Å². The first kappa shape index (κ1) is 19.7. The van der Waals surface area contributed by atoms with Gasteiger partial charge in [0.1, 0.15) is 11.1 Å². The Kier molecular flexibility index (Phi) is 7.38. The smallest absolute Gasteiger partial charge is 0.349 e. The van der Waals surface area contributed by atoms with Crippen molar-refractivity contribution in [2.45, 2.75) is 39.0 Å². The van der Waals surface area contributed by atoms with E-state index in [1.54, 1.807) is 24.3 Å². The van der Waals surface area contributed by atoms with Gasteiger partial charge < -0.3 is 14.1 Å². The number of ether oxygens (including phenoxy) is 1. The van der Waals surface area contributed by atoms with Crippen LogP contribution in [0.1, 0.15) is 49.4 Å². The maximum atomic E-state index is 12.9. The maximum absolute atomic E-state index is 12.9. The predicted octanol–water partition coefficient (Wildman–Crippen LogP) is 3.38. The van der Waals surface area contributed by atoms with E-state index in [4.69, 9.17) is 4.42 Å². The van der Waals surface area contributed by atoms with Crippen molar-refractivity contribution >= 4 is 22.8 Å². The maximum Gasteiger partial charge on any atom is 0.349 e. The van der Waals surface area contributed by atoms with E-state index in [1.807, 2.05) is 6.07 Å². The molecular weight excluding hydrogens is 334 g/mol. The molecule has 0 fully saturated rings. The minimum atomic E-state index is -0.662. The summed E-state index contributed by atoms with van der Waals surface area (Å²) in [4.78, 5) is 38.1. The van der Waals surface area contributed by atoms with Gasteiger partial charge in [0.15, 0.2) is 0 Å². The Balaban J connectivity index is 2.21. The molecule has 1 heterocycles. The molecule has 0 N–H and O–H groups in total. The fourth-order valence-corrected chi connectivity index (χ4v) is 2.75. The first-order chi connectivity index (χ1) is 12.6. The van der Waals surface area contributed by atoms with Crippen molar-refractivity contribution in [3.8, 4) is 0 Å². The van der Waals surface area contributed by atoms with E-state index in [2.05, 4.69) is 11.7 Å². The fourth-order valence-electron chi connectivity index (χ4n) is 2.75. The SMILES string of the molecule is CCCCCCN(CCC(=O)OC)C(=O)c1cc2ccccc2oc1=O. The van der Waals surface area contributed by atoms with Crippen LogP contribution in [0, 0.1) is 0 Å². The first-order valence-electron chi connectivity index (χ1n) is 8.95. The predicted molar refractivity (Wildman–Crippen MR) is 99.2 cm³/mol. The summed E-state index contributed by atoms with van der Waals surface area (Å²) >= 11 is 0. The van der Waals surface area contributed by atoms with E-state index >= 15 is 0 Å². The quantitative estimate of drug-likeness (QED) is 0.390. The third kappa shape index (κ3) is 5.18. The van der Waals surface area contributed by atoms with Crippen LogP contribution in [0.25, 0.3) is 11.0 Å². The lowest BCUT2D eigenvalue weighted by atomic mass is 10.1. The Bertz CT molecular complexity index is 811. The highest BCUT2D eigenvalue weighted by Gasteiger charge is 2.21. The second-order valence-corrected chi connectivity index (χ2v) is 6.16. The minimum absolute atomic E-state index is 0.0101. The molecule has 2 aromatic rings. The van der Waals surface area contributed by atoms with Gasteiger partial charge in [0.2, 0.25) is 0 Å². The molecule has 0 atom stereocenters. The summed E-state index contributed by atoms with van der Waals surface area (Å²) in [6.07, 6.45) is 4.07. The Morgan fingerprint density at radius 3 is 2.62 bits per heavy atom. The minimum Gasteiger partial charge on any atom is -0.469 e. The third-order valence-electron chi connectivity index (χ3n) is 4.25. The number of rotatable bonds is 9. The molecule has 0 unspecified atom stereocenters. The standard InChI is InChI=1S/C20H25NO5/c1-3-4-5-8-12-21(13-11-18(22)25-2)19(23)16-14-15-9-6-7-10-17(15)26-20(16)24/h6-7,9-10,14H,3-5,8,11-13H2,1-2H3. The molecule has 6 nitrogen and oxygen atoms in total. The van der Waals surface area contributed by atoms with Gasteiger partial charge in [0.05, 0.1) is 13.5 Å². The summed E-state index contributed by atoms with van der Waals surface area (Å²) in [7, 11) is 1.31. The zero-order chi connectivity index (χ0) is 18.9. The van der Waals surface area contributed by atoms with Gasteiger partial charge in [-0.3, -0.25) is 9.59 Å². The van der Waals surface area contributed by atoms with Crippen LogP contribution in [0.2, 0.25) is 0 Å². The molecule has 6 heteroatoms. The molecule has 2 rings (SSSR count). The van der Waals surface area contributed by atoms with Gasteiger partial charge >= 0.3 is 11.6 Å². The zero-order valence-electron chi connectivity index (χ0n) is 15.3. The van der Waals surface area contributed by atoms with Crippen LogP contribution in [-0.2, 0) is 9.53 Å². The highest BCUT2D eigenvalue weighted by Crippen LogP contribution is 2.14. The van der Waals surface area contributed by atoms with Crippen molar-refractivity contribution in [2.24, 2.45) is 0 Å². The van der Waals surface area contributed by atoms with Gasteiger partial charge in [-0.25, -0.2) is 4.79 Å². The van der Waals surface area contributed by atoms with E-state index in [9.17, 15) is 14.4 Å². The van der Waals surface area contributed by atoms with Crippen LogP contribution in [0.15, 0.2) is 39.5 Å². The average molecular weight is 359 g/mol. The van der Waals surface area contributed by atoms with Gasteiger partial charge in [-0.15, -0.1) is 0 Å². The number of esters is 1. The molecule has 0 bridgehead atoms. The molecule has 1 aromatic heterocycles. The molecule has 0 aliphatic carbocycles. The molecular formula is C20H25NO5. The van der Waals surface area contributed by atoms with E-state index in [-0.39, 0.29) is 24.5 Å². The first-order valence-corrected chi connectivity index (χ1v) is 8.95. The Morgan fingerprint density at radius 2 is 1.88 bits per heavy atom. The molecule has 1 amide bonds. The van der Waals surface area contributed by atoms with E-state index in [0.717, 1.165) is 25.7 Å². The van der Waals surface area contributed by atoms with E-state index < -0.39 is 11.5 Å². The number of fused-ring (bicyclic) bond motifs is 1. The number of carbonyl (C=O) groups excluding carboxylic acids is 2. The molecule has 0 aliphatic rings. The second kappa shape index (κ2) is 9.75. The van der Waals surface area contributed by atoms with Crippen LogP contribution in [0.5, 0.6) is 0 Å². The Morgan fingerprint density at radius 1 is 1.12 bits per heavy atom. The molecule has 0 spiro atoms. The molecule has 140 valence electrons. The van der Waals surface area contributed by atoms with Crippen LogP contribution < -0.4 is 5.63 Å². The number of hydrogen-bond acceptors (Lipinski definition) is 5. The highest BCUT2D eigenvalue weighted by molar-refractivity contribution is 5.96. The molecule has 0 saturated carbocycles. The summed E-state index contributed by atoms with van der Waals surface area (Å²) in [5.41, 5.74) is -0.229. The van der Waals surface area contributed by atoms with Crippen molar-refractivity contribution in [1.82, 2.24) is 4.90 Å². The van der Waals surface area contributed by atoms with Gasteiger partial charge in [0.25, 0.3) is 5.91 Å². The Hall–Kier alpha value is -2.63. The highest BCUT2D eigenvalue weighted by atomic mass is 16.5.